The van der Waals surface area contributed by atoms with E-state index in [1.807, 2.05) is 18.5 Å². The highest BCUT2D eigenvalue weighted by molar-refractivity contribution is 6.02. The molecule has 0 atom stereocenters. The van der Waals surface area contributed by atoms with Crippen molar-refractivity contribution in [3.63, 3.8) is 0 Å². The lowest BCUT2D eigenvalue weighted by Crippen LogP contribution is -2.07. The van der Waals surface area contributed by atoms with Gasteiger partial charge in [0.25, 0.3) is 0 Å². The van der Waals surface area contributed by atoms with Crippen molar-refractivity contribution in [1.29, 1.82) is 0 Å². The molecule has 0 unspecified atom stereocenters. The van der Waals surface area contributed by atoms with Crippen LogP contribution < -0.4 is 5.32 Å². The van der Waals surface area contributed by atoms with Crippen LogP contribution in [0.1, 0.15) is 28.1 Å². The largest absolute Gasteiger partial charge is 0.323 e. The molecule has 0 saturated carbocycles. The third kappa shape index (κ3) is 4.70. The topological polar surface area (TPSA) is 46.9 Å². The molecule has 0 spiro atoms. The summed E-state index contributed by atoms with van der Waals surface area (Å²) in [5, 5.41) is 7.30. The standard InChI is InChI=1S/C22H22FN3O/c1-15-4-6-18(7-5-15)14-26-17(3)21(16(2)25-26)12-13-22(27)24-20-10-8-19(23)9-11-20/h4-13H,14H2,1-3H3,(H,24,27)/b13-12+. The Labute approximate surface area is 158 Å². The molecule has 0 aliphatic heterocycles. The number of hydrogen-bond acceptors (Lipinski definition) is 2. The molecule has 1 aromatic heterocycles. The highest BCUT2D eigenvalue weighted by Crippen LogP contribution is 2.17. The molecule has 0 bridgehead atoms. The van der Waals surface area contributed by atoms with Gasteiger partial charge in [-0.15, -0.1) is 0 Å². The maximum atomic E-state index is 12.9. The van der Waals surface area contributed by atoms with Gasteiger partial charge in [-0.1, -0.05) is 29.8 Å². The first-order valence-corrected chi connectivity index (χ1v) is 8.76. The van der Waals surface area contributed by atoms with Crippen molar-refractivity contribution in [2.24, 2.45) is 0 Å². The number of carbonyl (C=O) groups excluding carboxylic acids is 1. The smallest absolute Gasteiger partial charge is 0.248 e. The van der Waals surface area contributed by atoms with Crippen LogP contribution in [0.2, 0.25) is 0 Å². The summed E-state index contributed by atoms with van der Waals surface area (Å²) >= 11 is 0. The van der Waals surface area contributed by atoms with E-state index in [-0.39, 0.29) is 11.7 Å². The predicted molar refractivity (Wildman–Crippen MR) is 106 cm³/mol. The highest BCUT2D eigenvalue weighted by atomic mass is 19.1. The number of hydrogen-bond donors (Lipinski definition) is 1. The van der Waals surface area contributed by atoms with E-state index >= 15 is 0 Å². The maximum Gasteiger partial charge on any atom is 0.248 e. The Morgan fingerprint density at radius 3 is 2.41 bits per heavy atom. The van der Waals surface area contributed by atoms with Crippen LogP contribution in [0.4, 0.5) is 10.1 Å². The number of halogens is 1. The number of nitrogens with zero attached hydrogens (tertiary/aromatic N) is 2. The quantitative estimate of drug-likeness (QED) is 0.671. The molecule has 0 saturated heterocycles. The fraction of sp³-hybridized carbons (Fsp3) is 0.182. The van der Waals surface area contributed by atoms with Gasteiger partial charge in [-0.2, -0.15) is 5.10 Å². The fourth-order valence-electron chi connectivity index (χ4n) is 2.85. The van der Waals surface area contributed by atoms with Gasteiger partial charge in [0.2, 0.25) is 5.91 Å². The van der Waals surface area contributed by atoms with Crippen LogP contribution >= 0.6 is 0 Å². The van der Waals surface area contributed by atoms with E-state index in [1.54, 1.807) is 6.08 Å². The molecule has 1 N–H and O–H groups in total. The molecule has 1 heterocycles. The van der Waals surface area contributed by atoms with Gasteiger partial charge >= 0.3 is 0 Å². The molecule has 4 nitrogen and oxygen atoms in total. The Hall–Kier alpha value is -3.21. The number of anilines is 1. The van der Waals surface area contributed by atoms with Gasteiger partial charge in [-0.3, -0.25) is 9.48 Å². The number of aromatic nitrogens is 2. The van der Waals surface area contributed by atoms with Crippen molar-refractivity contribution >= 4 is 17.7 Å². The SMILES string of the molecule is Cc1ccc(Cn2nc(C)c(/C=C/C(=O)Nc3ccc(F)cc3)c2C)cc1. The van der Waals surface area contributed by atoms with Crippen molar-refractivity contribution in [2.45, 2.75) is 27.3 Å². The summed E-state index contributed by atoms with van der Waals surface area (Å²) in [5.74, 6) is -0.609. The van der Waals surface area contributed by atoms with Crippen LogP contribution in [0.15, 0.2) is 54.6 Å². The first-order chi connectivity index (χ1) is 12.9. The molecule has 5 heteroatoms. The minimum absolute atomic E-state index is 0.272. The number of rotatable bonds is 5. The van der Waals surface area contributed by atoms with E-state index in [2.05, 4.69) is 41.6 Å². The molecule has 27 heavy (non-hydrogen) atoms. The number of carbonyl (C=O) groups is 1. The Morgan fingerprint density at radius 2 is 1.74 bits per heavy atom. The summed E-state index contributed by atoms with van der Waals surface area (Å²) in [7, 11) is 0. The third-order valence-electron chi connectivity index (χ3n) is 4.40. The molecule has 0 radical (unpaired) electrons. The second-order valence-corrected chi connectivity index (χ2v) is 6.56. The lowest BCUT2D eigenvalue weighted by Gasteiger charge is -2.05. The van der Waals surface area contributed by atoms with E-state index in [0.29, 0.717) is 12.2 Å². The highest BCUT2D eigenvalue weighted by Gasteiger charge is 2.10. The molecular formula is C22H22FN3O. The van der Waals surface area contributed by atoms with Crippen molar-refractivity contribution < 1.29 is 9.18 Å². The van der Waals surface area contributed by atoms with Crippen LogP contribution in [0, 0.1) is 26.6 Å². The summed E-state index contributed by atoms with van der Waals surface area (Å²) in [5.41, 5.74) is 5.74. The summed E-state index contributed by atoms with van der Waals surface area (Å²) in [6.45, 7) is 6.66. The molecule has 138 valence electrons. The molecule has 3 aromatic rings. The van der Waals surface area contributed by atoms with Crippen molar-refractivity contribution in [3.05, 3.63) is 88.5 Å². The number of aryl methyl sites for hydroxylation is 2. The second kappa shape index (κ2) is 7.99. The van der Waals surface area contributed by atoms with E-state index in [4.69, 9.17) is 0 Å². The summed E-state index contributed by atoms with van der Waals surface area (Å²) < 4.78 is 14.9. The number of benzene rings is 2. The summed E-state index contributed by atoms with van der Waals surface area (Å²) in [6.07, 6.45) is 3.23. The lowest BCUT2D eigenvalue weighted by atomic mass is 10.1. The molecule has 0 aliphatic carbocycles. The molecule has 1 amide bonds. The minimum Gasteiger partial charge on any atom is -0.323 e. The second-order valence-electron chi connectivity index (χ2n) is 6.56. The summed E-state index contributed by atoms with van der Waals surface area (Å²) in [6, 6.07) is 14.0. The van der Waals surface area contributed by atoms with Crippen molar-refractivity contribution in [3.8, 4) is 0 Å². The van der Waals surface area contributed by atoms with Crippen LogP contribution in [0.3, 0.4) is 0 Å². The molecule has 2 aromatic carbocycles. The van der Waals surface area contributed by atoms with Gasteiger partial charge in [0.15, 0.2) is 0 Å². The third-order valence-corrected chi connectivity index (χ3v) is 4.40. The normalized spacial score (nSPS) is 11.1. The zero-order valence-corrected chi connectivity index (χ0v) is 15.7. The predicted octanol–water partition coefficient (Wildman–Crippen LogP) is 4.65. The first kappa shape index (κ1) is 18.6. The Bertz CT molecular complexity index is 970. The van der Waals surface area contributed by atoms with Gasteiger partial charge in [0.1, 0.15) is 5.82 Å². The molecule has 0 fully saturated rings. The van der Waals surface area contributed by atoms with E-state index in [1.165, 1.54) is 41.5 Å². The van der Waals surface area contributed by atoms with Gasteiger partial charge in [-0.25, -0.2) is 4.39 Å². The van der Waals surface area contributed by atoms with E-state index < -0.39 is 0 Å². The number of amides is 1. The zero-order valence-electron chi connectivity index (χ0n) is 15.7. The number of nitrogens with one attached hydrogen (secondary N) is 1. The average molecular weight is 363 g/mol. The van der Waals surface area contributed by atoms with Crippen LogP contribution in [-0.2, 0) is 11.3 Å². The fourth-order valence-corrected chi connectivity index (χ4v) is 2.85. The Kier molecular flexibility index (Phi) is 5.50. The monoisotopic (exact) mass is 363 g/mol. The molecule has 3 rings (SSSR count). The van der Waals surface area contributed by atoms with Gasteiger partial charge in [0.05, 0.1) is 12.2 Å². The molecular weight excluding hydrogens is 341 g/mol. The lowest BCUT2D eigenvalue weighted by molar-refractivity contribution is -0.111. The summed E-state index contributed by atoms with van der Waals surface area (Å²) in [4.78, 5) is 12.1. The Morgan fingerprint density at radius 1 is 1.07 bits per heavy atom. The zero-order chi connectivity index (χ0) is 19.4. The first-order valence-electron chi connectivity index (χ1n) is 8.76. The van der Waals surface area contributed by atoms with Gasteiger partial charge in [-0.05, 0) is 56.7 Å². The van der Waals surface area contributed by atoms with E-state index in [0.717, 1.165) is 17.0 Å². The van der Waals surface area contributed by atoms with Crippen molar-refractivity contribution in [1.82, 2.24) is 9.78 Å². The molecule has 0 aliphatic rings. The van der Waals surface area contributed by atoms with Gasteiger partial charge < -0.3 is 5.32 Å². The minimum atomic E-state index is -0.337. The Balaban J connectivity index is 1.71. The average Bonchev–Trinajstić information content (AvgIpc) is 2.90. The van der Waals surface area contributed by atoms with E-state index in [9.17, 15) is 9.18 Å². The van der Waals surface area contributed by atoms with Gasteiger partial charge in [0, 0.05) is 23.0 Å². The van der Waals surface area contributed by atoms with Crippen LogP contribution in [-0.4, -0.2) is 15.7 Å². The van der Waals surface area contributed by atoms with Crippen LogP contribution in [0.5, 0.6) is 0 Å². The van der Waals surface area contributed by atoms with Crippen molar-refractivity contribution in [2.75, 3.05) is 5.32 Å². The maximum absolute atomic E-state index is 12.9. The van der Waals surface area contributed by atoms with Crippen LogP contribution in [0.25, 0.3) is 6.08 Å².